The van der Waals surface area contributed by atoms with Crippen LogP contribution < -0.4 is 5.32 Å². The maximum absolute atomic E-state index is 11.6. The van der Waals surface area contributed by atoms with Gasteiger partial charge in [0, 0.05) is 18.5 Å². The number of phenols is 1. The Morgan fingerprint density at radius 1 is 1.43 bits per heavy atom. The highest BCUT2D eigenvalue weighted by atomic mass is 16.3. The van der Waals surface area contributed by atoms with Gasteiger partial charge < -0.3 is 10.4 Å². The molecular weight excluding hydrogens is 178 g/mol. The van der Waals surface area contributed by atoms with Crippen LogP contribution in [0.25, 0.3) is 0 Å². The number of benzene rings is 1. The molecule has 14 heavy (non-hydrogen) atoms. The average Bonchev–Trinajstić information content (AvgIpc) is 2.17. The molecule has 0 saturated carbocycles. The second-order valence-corrected chi connectivity index (χ2v) is 3.50. The maximum atomic E-state index is 11.6. The predicted molar refractivity (Wildman–Crippen MR) is 56.8 cm³/mol. The third kappa shape index (κ3) is 2.05. The first-order valence-electron chi connectivity index (χ1n) is 4.61. The van der Waals surface area contributed by atoms with E-state index >= 15 is 0 Å². The zero-order chi connectivity index (χ0) is 10.7. The minimum atomic E-state index is -0.0238. The van der Waals surface area contributed by atoms with E-state index in [0.717, 1.165) is 0 Å². The Morgan fingerprint density at radius 3 is 2.57 bits per heavy atom. The number of carbonyl (C=O) groups is 1. The normalized spacial score (nSPS) is 10.3. The Kier molecular flexibility index (Phi) is 3.12. The third-order valence-corrected chi connectivity index (χ3v) is 2.07. The van der Waals surface area contributed by atoms with Gasteiger partial charge in [0.2, 0.25) is 0 Å². The lowest BCUT2D eigenvalue weighted by molar-refractivity contribution is 0.0939. The molecule has 0 radical (unpaired) electrons. The first-order valence-corrected chi connectivity index (χ1v) is 4.61. The molecular formula is C11H15NO2. The molecule has 76 valence electrons. The lowest BCUT2D eigenvalue weighted by Crippen LogP contribution is -2.07. The average molecular weight is 193 g/mol. The van der Waals surface area contributed by atoms with Gasteiger partial charge in [-0.3, -0.25) is 4.79 Å². The van der Waals surface area contributed by atoms with E-state index in [4.69, 9.17) is 0 Å². The topological polar surface area (TPSA) is 49.3 Å². The van der Waals surface area contributed by atoms with E-state index in [2.05, 4.69) is 5.32 Å². The first kappa shape index (κ1) is 10.6. The minimum Gasteiger partial charge on any atom is -0.506 e. The summed E-state index contributed by atoms with van der Waals surface area (Å²) in [5.41, 5.74) is 1.21. The van der Waals surface area contributed by atoms with E-state index < -0.39 is 0 Å². The molecule has 3 heteroatoms. The highest BCUT2D eigenvalue weighted by Crippen LogP contribution is 2.24. The lowest BCUT2D eigenvalue weighted by atomic mass is 10.0. The van der Waals surface area contributed by atoms with Gasteiger partial charge in [0.15, 0.2) is 5.78 Å². The van der Waals surface area contributed by atoms with Crippen LogP contribution in [-0.4, -0.2) is 17.9 Å². The van der Waals surface area contributed by atoms with Gasteiger partial charge in [-0.05, 0) is 18.2 Å². The second-order valence-electron chi connectivity index (χ2n) is 3.50. The van der Waals surface area contributed by atoms with Crippen LogP contribution >= 0.6 is 0 Å². The zero-order valence-electron chi connectivity index (χ0n) is 8.66. The van der Waals surface area contributed by atoms with Crippen LogP contribution in [0.1, 0.15) is 24.2 Å². The minimum absolute atomic E-state index is 0.0238. The summed E-state index contributed by atoms with van der Waals surface area (Å²) in [5.74, 6) is 0.221. The van der Waals surface area contributed by atoms with Gasteiger partial charge in [-0.2, -0.15) is 0 Å². The van der Waals surface area contributed by atoms with E-state index in [1.165, 1.54) is 6.07 Å². The molecule has 0 saturated heterocycles. The molecule has 0 aliphatic heterocycles. The van der Waals surface area contributed by atoms with Gasteiger partial charge in [-0.1, -0.05) is 13.8 Å². The maximum Gasteiger partial charge on any atom is 0.165 e. The molecule has 0 unspecified atom stereocenters. The molecule has 1 aromatic rings. The molecule has 1 rings (SSSR count). The Bertz CT molecular complexity index is 345. The van der Waals surface area contributed by atoms with Gasteiger partial charge in [0.25, 0.3) is 0 Å². The van der Waals surface area contributed by atoms with Crippen LogP contribution in [-0.2, 0) is 0 Å². The van der Waals surface area contributed by atoms with E-state index in [1.807, 2.05) is 13.8 Å². The monoisotopic (exact) mass is 193 g/mol. The summed E-state index contributed by atoms with van der Waals surface area (Å²) >= 11 is 0. The van der Waals surface area contributed by atoms with Crippen molar-refractivity contribution in [2.75, 3.05) is 12.4 Å². The number of carbonyl (C=O) groups excluding carboxylic acids is 1. The van der Waals surface area contributed by atoms with Crippen molar-refractivity contribution < 1.29 is 9.90 Å². The fourth-order valence-corrected chi connectivity index (χ4v) is 1.22. The van der Waals surface area contributed by atoms with Crippen molar-refractivity contribution in [2.24, 2.45) is 5.92 Å². The van der Waals surface area contributed by atoms with Crippen molar-refractivity contribution in [3.05, 3.63) is 23.8 Å². The Balaban J connectivity index is 3.06. The highest BCUT2D eigenvalue weighted by Gasteiger charge is 2.11. The highest BCUT2D eigenvalue weighted by molar-refractivity contribution is 5.98. The summed E-state index contributed by atoms with van der Waals surface area (Å²) in [6.45, 7) is 3.71. The van der Waals surface area contributed by atoms with Crippen molar-refractivity contribution in [1.82, 2.24) is 0 Å². The molecule has 0 atom stereocenters. The molecule has 0 spiro atoms. The largest absolute Gasteiger partial charge is 0.506 e. The van der Waals surface area contributed by atoms with Crippen molar-refractivity contribution in [2.45, 2.75) is 13.8 Å². The van der Waals surface area contributed by atoms with Gasteiger partial charge in [0.05, 0.1) is 5.69 Å². The van der Waals surface area contributed by atoms with E-state index in [0.29, 0.717) is 11.3 Å². The Hall–Kier alpha value is -1.51. The molecule has 3 nitrogen and oxygen atoms in total. The van der Waals surface area contributed by atoms with E-state index in [9.17, 15) is 9.90 Å². The summed E-state index contributed by atoms with van der Waals surface area (Å²) in [4.78, 5) is 11.6. The van der Waals surface area contributed by atoms with Gasteiger partial charge in [-0.15, -0.1) is 0 Å². The van der Waals surface area contributed by atoms with Crippen LogP contribution in [0.4, 0.5) is 5.69 Å². The summed E-state index contributed by atoms with van der Waals surface area (Å²) in [6, 6.07) is 4.83. The fourth-order valence-electron chi connectivity index (χ4n) is 1.22. The van der Waals surface area contributed by atoms with Gasteiger partial charge in [0.1, 0.15) is 5.75 Å². The number of rotatable bonds is 3. The summed E-state index contributed by atoms with van der Waals surface area (Å²) in [5, 5.41) is 12.2. The number of hydrogen-bond acceptors (Lipinski definition) is 3. The smallest absolute Gasteiger partial charge is 0.165 e. The summed E-state index contributed by atoms with van der Waals surface area (Å²) < 4.78 is 0. The molecule has 0 aliphatic rings. The quantitative estimate of drug-likeness (QED) is 0.572. The number of aromatic hydroxyl groups is 1. The van der Waals surface area contributed by atoms with E-state index in [1.54, 1.807) is 19.2 Å². The third-order valence-electron chi connectivity index (χ3n) is 2.07. The van der Waals surface area contributed by atoms with Crippen molar-refractivity contribution >= 4 is 11.5 Å². The van der Waals surface area contributed by atoms with Crippen LogP contribution in [0, 0.1) is 5.92 Å². The zero-order valence-corrected chi connectivity index (χ0v) is 8.66. The van der Waals surface area contributed by atoms with Gasteiger partial charge >= 0.3 is 0 Å². The number of phenolic OH excluding ortho intramolecular Hbond substituents is 1. The SMILES string of the molecule is CNc1cc(C(=O)C(C)C)ccc1O. The number of Topliss-reactive ketones (excluding diaryl/α,β-unsaturated/α-hetero) is 1. The number of hydrogen-bond donors (Lipinski definition) is 2. The molecule has 1 aromatic carbocycles. The van der Waals surface area contributed by atoms with Gasteiger partial charge in [-0.25, -0.2) is 0 Å². The molecule has 0 aliphatic carbocycles. The Morgan fingerprint density at radius 2 is 2.07 bits per heavy atom. The van der Waals surface area contributed by atoms with Crippen LogP contribution in [0.5, 0.6) is 5.75 Å². The molecule has 0 amide bonds. The van der Waals surface area contributed by atoms with Crippen molar-refractivity contribution in [3.63, 3.8) is 0 Å². The van der Waals surface area contributed by atoms with Crippen molar-refractivity contribution in [3.8, 4) is 5.75 Å². The number of anilines is 1. The Labute approximate surface area is 83.8 Å². The predicted octanol–water partition coefficient (Wildman–Crippen LogP) is 2.27. The molecule has 2 N–H and O–H groups in total. The molecule has 0 bridgehead atoms. The second kappa shape index (κ2) is 4.13. The molecule has 0 fully saturated rings. The number of nitrogens with one attached hydrogen (secondary N) is 1. The van der Waals surface area contributed by atoms with Crippen molar-refractivity contribution in [1.29, 1.82) is 0 Å². The standard InChI is InChI=1S/C11H15NO2/c1-7(2)11(14)8-4-5-10(13)9(6-8)12-3/h4-7,12-13H,1-3H3. The fraction of sp³-hybridized carbons (Fsp3) is 0.364. The lowest BCUT2D eigenvalue weighted by Gasteiger charge is -2.08. The van der Waals surface area contributed by atoms with Crippen LogP contribution in [0.2, 0.25) is 0 Å². The van der Waals surface area contributed by atoms with E-state index in [-0.39, 0.29) is 17.5 Å². The summed E-state index contributed by atoms with van der Waals surface area (Å²) in [7, 11) is 1.71. The molecule has 0 heterocycles. The van der Waals surface area contributed by atoms with Crippen LogP contribution in [0.3, 0.4) is 0 Å². The first-order chi connectivity index (χ1) is 6.56. The molecule has 0 aromatic heterocycles. The number of ketones is 1. The van der Waals surface area contributed by atoms with Crippen LogP contribution in [0.15, 0.2) is 18.2 Å². The summed E-state index contributed by atoms with van der Waals surface area (Å²) in [6.07, 6.45) is 0.